The average molecular weight is 395 g/mol. The second-order valence-electron chi connectivity index (χ2n) is 7.71. The number of likely N-dealkylation sites (tertiary alicyclic amines) is 1. The lowest BCUT2D eigenvalue weighted by Gasteiger charge is -2.42. The van der Waals surface area contributed by atoms with Gasteiger partial charge in [0.05, 0.1) is 13.0 Å². The van der Waals surface area contributed by atoms with Crippen molar-refractivity contribution in [3.63, 3.8) is 0 Å². The first-order valence-electron chi connectivity index (χ1n) is 10.0. The molecule has 152 valence electrons. The molecule has 2 atom stereocenters. The van der Waals surface area contributed by atoms with E-state index in [9.17, 15) is 14.4 Å². The van der Waals surface area contributed by atoms with E-state index in [0.29, 0.717) is 37.8 Å². The molecule has 2 aromatic rings. The maximum atomic E-state index is 12.8. The number of urea groups is 1. The maximum absolute atomic E-state index is 12.8. The number of rotatable bonds is 4. The van der Waals surface area contributed by atoms with Crippen LogP contribution in [0.4, 0.5) is 10.5 Å². The van der Waals surface area contributed by atoms with Crippen LogP contribution in [0.5, 0.6) is 0 Å². The lowest BCUT2D eigenvalue weighted by atomic mass is 9.83. The molecule has 0 radical (unpaired) electrons. The minimum Gasteiger partial charge on any atom is -0.466 e. The SMILES string of the molecule is CCOC(=O)Cc1ccc(NC(=O)N2CC3CC(C2)c2cccc(=O)n2C3)cc1. The first-order chi connectivity index (χ1) is 14.0. The van der Waals surface area contributed by atoms with Crippen LogP contribution in [0.2, 0.25) is 0 Å². The third kappa shape index (κ3) is 4.18. The van der Waals surface area contributed by atoms with Gasteiger partial charge in [-0.1, -0.05) is 18.2 Å². The highest BCUT2D eigenvalue weighted by Gasteiger charge is 2.36. The summed E-state index contributed by atoms with van der Waals surface area (Å²) in [6, 6.07) is 12.5. The van der Waals surface area contributed by atoms with Gasteiger partial charge in [0.25, 0.3) is 5.56 Å². The Bertz CT molecular complexity index is 967. The van der Waals surface area contributed by atoms with Gasteiger partial charge in [0.1, 0.15) is 0 Å². The highest BCUT2D eigenvalue weighted by Crippen LogP contribution is 2.35. The smallest absolute Gasteiger partial charge is 0.321 e. The number of carbonyl (C=O) groups is 2. The largest absolute Gasteiger partial charge is 0.466 e. The molecule has 7 heteroatoms. The highest BCUT2D eigenvalue weighted by molar-refractivity contribution is 5.89. The number of anilines is 1. The molecule has 0 aliphatic carbocycles. The van der Waals surface area contributed by atoms with Gasteiger partial charge in [-0.2, -0.15) is 0 Å². The minimum absolute atomic E-state index is 0.0398. The lowest BCUT2D eigenvalue weighted by Crippen LogP contribution is -2.50. The number of pyridine rings is 1. The monoisotopic (exact) mass is 395 g/mol. The van der Waals surface area contributed by atoms with Crippen LogP contribution in [0.15, 0.2) is 47.3 Å². The zero-order valence-corrected chi connectivity index (χ0v) is 16.5. The number of nitrogens with zero attached hydrogens (tertiary/aromatic N) is 2. The number of hydrogen-bond donors (Lipinski definition) is 1. The molecule has 2 bridgehead atoms. The number of aromatic nitrogens is 1. The molecule has 7 nitrogen and oxygen atoms in total. The van der Waals surface area contributed by atoms with Crippen molar-refractivity contribution >= 4 is 17.7 Å². The molecule has 2 unspecified atom stereocenters. The summed E-state index contributed by atoms with van der Waals surface area (Å²) < 4.78 is 6.81. The Kier molecular flexibility index (Phi) is 5.38. The molecule has 1 saturated heterocycles. The van der Waals surface area contributed by atoms with Gasteiger partial charge in [0.15, 0.2) is 0 Å². The van der Waals surface area contributed by atoms with E-state index in [1.54, 1.807) is 31.2 Å². The number of amides is 2. The van der Waals surface area contributed by atoms with Gasteiger partial charge in [-0.3, -0.25) is 9.59 Å². The molecule has 1 N–H and O–H groups in total. The normalized spacial score (nSPS) is 20.0. The van der Waals surface area contributed by atoms with Crippen LogP contribution < -0.4 is 10.9 Å². The summed E-state index contributed by atoms with van der Waals surface area (Å²) >= 11 is 0. The first-order valence-corrected chi connectivity index (χ1v) is 10.0. The summed E-state index contributed by atoms with van der Waals surface area (Å²) in [4.78, 5) is 38.3. The van der Waals surface area contributed by atoms with E-state index in [1.165, 1.54) is 0 Å². The van der Waals surface area contributed by atoms with E-state index in [1.807, 2.05) is 27.7 Å². The van der Waals surface area contributed by atoms with Crippen LogP contribution in [0.3, 0.4) is 0 Å². The van der Waals surface area contributed by atoms with Crippen molar-refractivity contribution in [3.05, 3.63) is 64.1 Å². The van der Waals surface area contributed by atoms with Crippen molar-refractivity contribution in [1.82, 2.24) is 9.47 Å². The number of nitrogens with one attached hydrogen (secondary N) is 1. The van der Waals surface area contributed by atoms with Gasteiger partial charge in [-0.25, -0.2) is 4.79 Å². The highest BCUT2D eigenvalue weighted by atomic mass is 16.5. The van der Waals surface area contributed by atoms with Gasteiger partial charge in [0.2, 0.25) is 0 Å². The van der Waals surface area contributed by atoms with Crippen molar-refractivity contribution in [1.29, 1.82) is 0 Å². The number of carbonyl (C=O) groups excluding carboxylic acids is 2. The number of esters is 1. The average Bonchev–Trinajstić information content (AvgIpc) is 2.70. The molecule has 0 saturated carbocycles. The fraction of sp³-hybridized carbons (Fsp3) is 0.409. The molecule has 1 aromatic carbocycles. The predicted molar refractivity (Wildman–Crippen MR) is 109 cm³/mol. The molecule has 0 spiro atoms. The minimum atomic E-state index is -0.261. The molecule has 4 rings (SSSR count). The Morgan fingerprint density at radius 3 is 2.66 bits per heavy atom. The van der Waals surface area contributed by atoms with Gasteiger partial charge in [0, 0.05) is 43.0 Å². The van der Waals surface area contributed by atoms with Crippen LogP contribution in [0, 0.1) is 5.92 Å². The second kappa shape index (κ2) is 8.11. The fourth-order valence-electron chi connectivity index (χ4n) is 4.35. The van der Waals surface area contributed by atoms with E-state index < -0.39 is 0 Å². The molecule has 2 aliphatic heterocycles. The molecule has 3 heterocycles. The molecule has 1 fully saturated rings. The van der Waals surface area contributed by atoms with E-state index in [0.717, 1.165) is 17.7 Å². The molecular weight excluding hydrogens is 370 g/mol. The van der Waals surface area contributed by atoms with Crippen LogP contribution in [-0.4, -0.2) is 41.2 Å². The summed E-state index contributed by atoms with van der Waals surface area (Å²) in [5.41, 5.74) is 2.60. The summed E-state index contributed by atoms with van der Waals surface area (Å²) in [5.74, 6) is 0.219. The van der Waals surface area contributed by atoms with Gasteiger partial charge in [-0.15, -0.1) is 0 Å². The van der Waals surface area contributed by atoms with Crippen molar-refractivity contribution in [2.75, 3.05) is 25.0 Å². The van der Waals surface area contributed by atoms with E-state index in [4.69, 9.17) is 4.74 Å². The third-order valence-electron chi connectivity index (χ3n) is 5.63. The summed E-state index contributed by atoms with van der Waals surface area (Å²) in [6.07, 6.45) is 1.23. The van der Waals surface area contributed by atoms with Crippen LogP contribution >= 0.6 is 0 Å². The quantitative estimate of drug-likeness (QED) is 0.807. The lowest BCUT2D eigenvalue weighted by molar-refractivity contribution is -0.142. The van der Waals surface area contributed by atoms with E-state index in [2.05, 4.69) is 5.32 Å². The zero-order chi connectivity index (χ0) is 20.4. The predicted octanol–water partition coefficient (Wildman–Crippen LogP) is 2.61. The Morgan fingerprint density at radius 2 is 1.90 bits per heavy atom. The second-order valence-corrected chi connectivity index (χ2v) is 7.71. The Labute approximate surface area is 169 Å². The van der Waals surface area contributed by atoms with Crippen molar-refractivity contribution in [3.8, 4) is 0 Å². The molecule has 29 heavy (non-hydrogen) atoms. The van der Waals surface area contributed by atoms with Gasteiger partial charge < -0.3 is 19.5 Å². The Hall–Kier alpha value is -3.09. The Morgan fingerprint density at radius 1 is 1.10 bits per heavy atom. The van der Waals surface area contributed by atoms with Crippen LogP contribution in [0.25, 0.3) is 0 Å². The summed E-state index contributed by atoms with van der Waals surface area (Å²) in [5, 5.41) is 2.94. The standard InChI is InChI=1S/C22H25N3O4/c1-2-29-21(27)11-15-6-8-18(9-7-15)23-22(28)24-12-16-10-17(14-24)19-4-3-5-20(26)25(19)13-16/h3-9,16-17H,2,10-14H2,1H3,(H,23,28). The van der Waals surface area contributed by atoms with Crippen molar-refractivity contribution < 1.29 is 14.3 Å². The van der Waals surface area contributed by atoms with Crippen LogP contribution in [0.1, 0.15) is 30.5 Å². The molecular formula is C22H25N3O4. The van der Waals surface area contributed by atoms with Gasteiger partial charge >= 0.3 is 12.0 Å². The van der Waals surface area contributed by atoms with Crippen molar-refractivity contribution in [2.24, 2.45) is 5.92 Å². The maximum Gasteiger partial charge on any atom is 0.321 e. The molecule has 2 aliphatic rings. The fourth-order valence-corrected chi connectivity index (χ4v) is 4.35. The van der Waals surface area contributed by atoms with E-state index in [-0.39, 0.29) is 29.9 Å². The zero-order valence-electron chi connectivity index (χ0n) is 16.5. The van der Waals surface area contributed by atoms with Crippen LogP contribution in [-0.2, 0) is 22.5 Å². The molecule has 2 amide bonds. The summed E-state index contributed by atoms with van der Waals surface area (Å²) in [7, 11) is 0. The summed E-state index contributed by atoms with van der Waals surface area (Å²) in [6.45, 7) is 4.06. The van der Waals surface area contributed by atoms with E-state index >= 15 is 0 Å². The number of piperidine rings is 1. The number of hydrogen-bond acceptors (Lipinski definition) is 4. The van der Waals surface area contributed by atoms with Crippen molar-refractivity contribution in [2.45, 2.75) is 32.2 Å². The van der Waals surface area contributed by atoms with Gasteiger partial charge in [-0.05, 0) is 43.0 Å². The number of benzene rings is 1. The third-order valence-corrected chi connectivity index (χ3v) is 5.63. The number of fused-ring (bicyclic) bond motifs is 4. The topological polar surface area (TPSA) is 80.6 Å². The molecule has 1 aromatic heterocycles. The Balaban J connectivity index is 1.40. The first kappa shape index (κ1) is 19.2. The number of ether oxygens (including phenoxy) is 1.